The monoisotopic (exact) mass is 466 g/mol. The molecule has 0 saturated carbocycles. The SMILES string of the molecule is COc1cc(C[C@]2(CCC(=O)N(C)Cc3nc(-c4ccccc4)no3)CCC(=O)N2)ccc1F. The van der Waals surface area contributed by atoms with Crippen LogP contribution in [0.4, 0.5) is 4.39 Å². The number of carbonyl (C=O) groups excluding carboxylic acids is 2. The molecule has 9 heteroatoms. The molecule has 1 atom stereocenters. The standard InChI is InChI=1S/C25H27FN4O4/c1-30(16-22-27-24(29-34-22)18-6-4-3-5-7-18)23(32)11-13-25(12-10-21(31)28-25)15-17-8-9-19(26)20(14-17)33-2/h3-9,14H,10-13,15-16H2,1-2H3,(H,28,31)/t25-/m1/s1. The van der Waals surface area contributed by atoms with Gasteiger partial charge in [0.2, 0.25) is 23.5 Å². The summed E-state index contributed by atoms with van der Waals surface area (Å²) in [5.74, 6) is 0.382. The highest BCUT2D eigenvalue weighted by Gasteiger charge is 2.38. The number of ether oxygens (including phenoxy) is 1. The quantitative estimate of drug-likeness (QED) is 0.518. The van der Waals surface area contributed by atoms with Crippen molar-refractivity contribution in [3.63, 3.8) is 0 Å². The smallest absolute Gasteiger partial charge is 0.246 e. The summed E-state index contributed by atoms with van der Waals surface area (Å²) in [5, 5.41) is 7.03. The molecule has 1 aromatic heterocycles. The van der Waals surface area contributed by atoms with Crippen LogP contribution in [-0.2, 0) is 22.6 Å². The van der Waals surface area contributed by atoms with Crippen molar-refractivity contribution in [1.82, 2.24) is 20.4 Å². The Labute approximate surface area is 197 Å². The number of methoxy groups -OCH3 is 1. The Morgan fingerprint density at radius 3 is 2.76 bits per heavy atom. The predicted octanol–water partition coefficient (Wildman–Crippen LogP) is 3.51. The van der Waals surface area contributed by atoms with E-state index in [1.165, 1.54) is 18.1 Å². The summed E-state index contributed by atoms with van der Waals surface area (Å²) in [6.45, 7) is 0.188. The van der Waals surface area contributed by atoms with Crippen molar-refractivity contribution in [1.29, 1.82) is 0 Å². The molecule has 0 bridgehead atoms. The molecule has 0 spiro atoms. The molecule has 1 N–H and O–H groups in total. The Bertz CT molecular complexity index is 1170. The Morgan fingerprint density at radius 1 is 1.26 bits per heavy atom. The maximum Gasteiger partial charge on any atom is 0.246 e. The highest BCUT2D eigenvalue weighted by atomic mass is 19.1. The van der Waals surface area contributed by atoms with E-state index in [9.17, 15) is 14.0 Å². The zero-order valence-electron chi connectivity index (χ0n) is 19.2. The van der Waals surface area contributed by atoms with Gasteiger partial charge in [-0.15, -0.1) is 0 Å². The fourth-order valence-electron chi connectivity index (χ4n) is 4.24. The zero-order chi connectivity index (χ0) is 24.1. The molecular weight excluding hydrogens is 439 g/mol. The second-order valence-electron chi connectivity index (χ2n) is 8.60. The van der Waals surface area contributed by atoms with E-state index in [4.69, 9.17) is 9.26 Å². The lowest BCUT2D eigenvalue weighted by atomic mass is 9.84. The van der Waals surface area contributed by atoms with Crippen LogP contribution in [0.2, 0.25) is 0 Å². The molecule has 2 aromatic carbocycles. The molecule has 2 heterocycles. The maximum absolute atomic E-state index is 13.8. The molecule has 1 saturated heterocycles. The minimum absolute atomic E-state index is 0.0471. The minimum atomic E-state index is -0.568. The molecule has 0 unspecified atom stereocenters. The third kappa shape index (κ3) is 5.41. The molecule has 4 rings (SSSR count). The largest absolute Gasteiger partial charge is 0.494 e. The number of rotatable bonds is 9. The Kier molecular flexibility index (Phi) is 6.90. The average Bonchev–Trinajstić information content (AvgIpc) is 3.46. The van der Waals surface area contributed by atoms with Crippen LogP contribution < -0.4 is 10.1 Å². The van der Waals surface area contributed by atoms with Gasteiger partial charge in [0.15, 0.2) is 11.6 Å². The molecule has 8 nitrogen and oxygen atoms in total. The van der Waals surface area contributed by atoms with E-state index in [0.717, 1.165) is 11.1 Å². The van der Waals surface area contributed by atoms with Crippen molar-refractivity contribution in [3.8, 4) is 17.1 Å². The summed E-state index contributed by atoms with van der Waals surface area (Å²) in [6.07, 6.45) is 2.17. The summed E-state index contributed by atoms with van der Waals surface area (Å²) < 4.78 is 24.2. The Hall–Kier alpha value is -3.75. The first-order valence-electron chi connectivity index (χ1n) is 11.1. The number of hydrogen-bond donors (Lipinski definition) is 1. The summed E-state index contributed by atoms with van der Waals surface area (Å²) in [7, 11) is 3.09. The molecule has 34 heavy (non-hydrogen) atoms. The highest BCUT2D eigenvalue weighted by Crippen LogP contribution is 2.31. The van der Waals surface area contributed by atoms with E-state index in [0.29, 0.717) is 37.4 Å². The van der Waals surface area contributed by atoms with Gasteiger partial charge in [0, 0.05) is 31.0 Å². The minimum Gasteiger partial charge on any atom is -0.494 e. The van der Waals surface area contributed by atoms with Gasteiger partial charge in [-0.2, -0.15) is 4.98 Å². The van der Waals surface area contributed by atoms with Crippen LogP contribution in [0.3, 0.4) is 0 Å². The number of amides is 2. The molecule has 3 aromatic rings. The van der Waals surface area contributed by atoms with Crippen LogP contribution in [0.5, 0.6) is 5.75 Å². The number of halogens is 1. The lowest BCUT2D eigenvalue weighted by Gasteiger charge is -2.30. The van der Waals surface area contributed by atoms with Gasteiger partial charge in [-0.3, -0.25) is 9.59 Å². The first kappa shape index (κ1) is 23.4. The van der Waals surface area contributed by atoms with Gasteiger partial charge in [0.05, 0.1) is 13.7 Å². The van der Waals surface area contributed by atoms with Crippen LogP contribution in [0, 0.1) is 5.82 Å². The van der Waals surface area contributed by atoms with E-state index < -0.39 is 11.4 Å². The van der Waals surface area contributed by atoms with Gasteiger partial charge in [0.25, 0.3) is 0 Å². The van der Waals surface area contributed by atoms with Gasteiger partial charge < -0.3 is 19.5 Å². The summed E-state index contributed by atoms with van der Waals surface area (Å²) in [5.41, 5.74) is 1.10. The molecule has 1 aliphatic heterocycles. The number of nitrogens with zero attached hydrogens (tertiary/aromatic N) is 3. The number of benzene rings is 2. The van der Waals surface area contributed by atoms with Crippen LogP contribution in [0.25, 0.3) is 11.4 Å². The van der Waals surface area contributed by atoms with E-state index in [-0.39, 0.29) is 30.5 Å². The first-order valence-corrected chi connectivity index (χ1v) is 11.1. The molecule has 0 radical (unpaired) electrons. The lowest BCUT2D eigenvalue weighted by molar-refractivity contribution is -0.131. The van der Waals surface area contributed by atoms with Crippen molar-refractivity contribution in [3.05, 3.63) is 65.8 Å². The van der Waals surface area contributed by atoms with Crippen molar-refractivity contribution in [2.75, 3.05) is 14.2 Å². The van der Waals surface area contributed by atoms with Crippen LogP contribution in [-0.4, -0.2) is 46.6 Å². The predicted molar refractivity (Wildman–Crippen MR) is 122 cm³/mol. The third-order valence-electron chi connectivity index (χ3n) is 6.11. The van der Waals surface area contributed by atoms with Crippen molar-refractivity contribution < 1.29 is 23.2 Å². The van der Waals surface area contributed by atoms with Crippen molar-refractivity contribution in [2.45, 2.75) is 44.2 Å². The normalized spacial score (nSPS) is 17.4. The molecule has 1 fully saturated rings. The lowest BCUT2D eigenvalue weighted by Crippen LogP contribution is -2.44. The Balaban J connectivity index is 1.38. The maximum atomic E-state index is 13.8. The van der Waals surface area contributed by atoms with E-state index in [2.05, 4.69) is 15.5 Å². The second kappa shape index (κ2) is 10.0. The van der Waals surface area contributed by atoms with E-state index >= 15 is 0 Å². The second-order valence-corrected chi connectivity index (χ2v) is 8.60. The topological polar surface area (TPSA) is 97.6 Å². The Morgan fingerprint density at radius 2 is 2.06 bits per heavy atom. The zero-order valence-corrected chi connectivity index (χ0v) is 19.2. The number of nitrogens with one attached hydrogen (secondary N) is 1. The van der Waals surface area contributed by atoms with Gasteiger partial charge in [-0.05, 0) is 37.0 Å². The van der Waals surface area contributed by atoms with Crippen LogP contribution in [0.1, 0.15) is 37.1 Å². The van der Waals surface area contributed by atoms with Crippen molar-refractivity contribution >= 4 is 11.8 Å². The number of hydrogen-bond acceptors (Lipinski definition) is 6. The molecule has 178 valence electrons. The fourth-order valence-corrected chi connectivity index (χ4v) is 4.24. The molecule has 1 aliphatic rings. The highest BCUT2D eigenvalue weighted by molar-refractivity contribution is 5.80. The van der Waals surface area contributed by atoms with Gasteiger partial charge in [-0.1, -0.05) is 41.6 Å². The fraction of sp³-hybridized carbons (Fsp3) is 0.360. The van der Waals surface area contributed by atoms with Crippen molar-refractivity contribution in [2.24, 2.45) is 0 Å². The molecule has 0 aliphatic carbocycles. The van der Waals surface area contributed by atoms with Gasteiger partial charge in [-0.25, -0.2) is 4.39 Å². The first-order chi connectivity index (χ1) is 16.4. The van der Waals surface area contributed by atoms with Gasteiger partial charge in [0.1, 0.15) is 0 Å². The molecule has 2 amide bonds. The number of carbonyl (C=O) groups is 2. The number of aromatic nitrogens is 2. The molecular formula is C25H27FN4O4. The van der Waals surface area contributed by atoms with E-state index in [1.54, 1.807) is 19.2 Å². The summed E-state index contributed by atoms with van der Waals surface area (Å²) >= 11 is 0. The van der Waals surface area contributed by atoms with Gasteiger partial charge >= 0.3 is 0 Å². The van der Waals surface area contributed by atoms with Crippen LogP contribution in [0.15, 0.2) is 53.1 Å². The average molecular weight is 467 g/mol. The van der Waals surface area contributed by atoms with Crippen LogP contribution >= 0.6 is 0 Å². The van der Waals surface area contributed by atoms with E-state index in [1.807, 2.05) is 30.3 Å². The summed E-state index contributed by atoms with van der Waals surface area (Å²) in [4.78, 5) is 30.8. The summed E-state index contributed by atoms with van der Waals surface area (Å²) in [6, 6.07) is 14.1. The third-order valence-corrected chi connectivity index (χ3v) is 6.11.